The maximum atomic E-state index is 5.30. The summed E-state index contributed by atoms with van der Waals surface area (Å²) < 4.78 is 11.3. The molecule has 0 fully saturated rings. The second-order valence-electron chi connectivity index (χ2n) is 3.27. The highest BCUT2D eigenvalue weighted by Gasteiger charge is 2.14. The molecule has 0 amide bonds. The fourth-order valence-electron chi connectivity index (χ4n) is 1.51. The largest absolute Gasteiger partial charge is 0.454 e. The summed E-state index contributed by atoms with van der Waals surface area (Å²) in [5.74, 6) is 2.16. The van der Waals surface area contributed by atoms with Gasteiger partial charge in [0.25, 0.3) is 0 Å². The van der Waals surface area contributed by atoms with E-state index in [0.717, 1.165) is 21.7 Å². The maximum absolute atomic E-state index is 5.30. The molecule has 0 unspecified atom stereocenters. The van der Waals surface area contributed by atoms with Gasteiger partial charge in [0.2, 0.25) is 6.79 Å². The minimum Gasteiger partial charge on any atom is -0.454 e. The Hall–Kier alpha value is -1.62. The number of aromatic nitrogens is 2. The number of halogens is 1. The molecule has 3 rings (SSSR count). The van der Waals surface area contributed by atoms with E-state index in [2.05, 4.69) is 25.9 Å². The van der Waals surface area contributed by atoms with E-state index in [4.69, 9.17) is 9.47 Å². The zero-order valence-electron chi connectivity index (χ0n) is 8.18. The van der Waals surface area contributed by atoms with E-state index in [0.29, 0.717) is 5.82 Å². The smallest absolute Gasteiger partial charge is 0.231 e. The highest BCUT2D eigenvalue weighted by molar-refractivity contribution is 9.10. The van der Waals surface area contributed by atoms with Crippen molar-refractivity contribution in [2.24, 2.45) is 0 Å². The van der Waals surface area contributed by atoms with Crippen LogP contribution in [0.5, 0.6) is 11.5 Å². The third kappa shape index (κ3) is 1.63. The lowest BCUT2D eigenvalue weighted by Crippen LogP contribution is -1.93. The van der Waals surface area contributed by atoms with Crippen molar-refractivity contribution in [1.29, 1.82) is 0 Å². The number of hydrogen-bond acceptors (Lipinski definition) is 4. The molecule has 0 bridgehead atoms. The summed E-state index contributed by atoms with van der Waals surface area (Å²) in [6.45, 7) is 0.276. The van der Waals surface area contributed by atoms with Crippen LogP contribution >= 0.6 is 15.9 Å². The summed E-state index contributed by atoms with van der Waals surface area (Å²) >= 11 is 3.31. The number of hydrogen-bond donors (Lipinski definition) is 0. The van der Waals surface area contributed by atoms with Gasteiger partial charge >= 0.3 is 0 Å². The van der Waals surface area contributed by atoms with Crippen molar-refractivity contribution in [2.75, 3.05) is 6.79 Å². The monoisotopic (exact) mass is 278 g/mol. The second-order valence-corrected chi connectivity index (χ2v) is 4.08. The highest BCUT2D eigenvalue weighted by atomic mass is 79.9. The molecule has 1 aliphatic heterocycles. The van der Waals surface area contributed by atoms with Crippen LogP contribution < -0.4 is 9.47 Å². The van der Waals surface area contributed by atoms with E-state index in [9.17, 15) is 0 Å². The quantitative estimate of drug-likeness (QED) is 0.753. The molecule has 1 aromatic carbocycles. The first-order valence-electron chi connectivity index (χ1n) is 4.71. The molecule has 1 aliphatic rings. The number of fused-ring (bicyclic) bond motifs is 1. The molecule has 0 N–H and O–H groups in total. The lowest BCUT2D eigenvalue weighted by atomic mass is 10.2. The Labute approximate surface area is 100 Å². The Bertz CT molecular complexity index is 545. The molecule has 0 spiro atoms. The van der Waals surface area contributed by atoms with Gasteiger partial charge in [-0.05, 0) is 40.2 Å². The molecular weight excluding hydrogens is 272 g/mol. The minimum atomic E-state index is 0.276. The molecule has 16 heavy (non-hydrogen) atoms. The molecule has 0 atom stereocenters. The lowest BCUT2D eigenvalue weighted by molar-refractivity contribution is 0.174. The van der Waals surface area contributed by atoms with Crippen molar-refractivity contribution in [3.05, 3.63) is 35.1 Å². The average Bonchev–Trinajstić information content (AvgIpc) is 2.75. The highest BCUT2D eigenvalue weighted by Crippen LogP contribution is 2.35. The van der Waals surface area contributed by atoms with Gasteiger partial charge in [0, 0.05) is 11.8 Å². The van der Waals surface area contributed by atoms with Crippen LogP contribution in [0.3, 0.4) is 0 Å². The molecule has 1 aromatic heterocycles. The Balaban J connectivity index is 2.07. The van der Waals surface area contributed by atoms with Gasteiger partial charge in [0.15, 0.2) is 17.3 Å². The van der Waals surface area contributed by atoms with Crippen LogP contribution in [0.15, 0.2) is 35.1 Å². The normalized spacial score (nSPS) is 12.8. The second kappa shape index (κ2) is 3.75. The van der Waals surface area contributed by atoms with Crippen molar-refractivity contribution in [3.8, 4) is 22.9 Å². The number of nitrogens with zero attached hydrogens (tertiary/aromatic N) is 2. The van der Waals surface area contributed by atoms with Crippen molar-refractivity contribution in [3.63, 3.8) is 0 Å². The summed E-state index contributed by atoms with van der Waals surface area (Å²) in [5, 5.41) is 0. The van der Waals surface area contributed by atoms with Gasteiger partial charge in [-0.25, -0.2) is 9.97 Å². The third-order valence-electron chi connectivity index (χ3n) is 2.25. The van der Waals surface area contributed by atoms with Crippen molar-refractivity contribution in [1.82, 2.24) is 9.97 Å². The fourth-order valence-corrected chi connectivity index (χ4v) is 1.80. The summed E-state index contributed by atoms with van der Waals surface area (Å²) in [4.78, 5) is 8.48. The number of benzene rings is 1. The van der Waals surface area contributed by atoms with Gasteiger partial charge in [0.05, 0.1) is 0 Å². The van der Waals surface area contributed by atoms with Crippen molar-refractivity contribution in [2.45, 2.75) is 0 Å². The lowest BCUT2D eigenvalue weighted by Gasteiger charge is -2.01. The molecule has 0 aliphatic carbocycles. The van der Waals surface area contributed by atoms with E-state index in [1.807, 2.05) is 18.2 Å². The number of rotatable bonds is 1. The van der Waals surface area contributed by atoms with Gasteiger partial charge in [-0.2, -0.15) is 0 Å². The molecule has 2 heterocycles. The predicted molar refractivity (Wildman–Crippen MR) is 61.3 cm³/mol. The summed E-state index contributed by atoms with van der Waals surface area (Å²) in [5.41, 5.74) is 0.908. The fraction of sp³-hybridized carbons (Fsp3) is 0.0909. The first-order chi connectivity index (χ1) is 7.83. The van der Waals surface area contributed by atoms with Crippen LogP contribution in [0.4, 0.5) is 0 Å². The van der Waals surface area contributed by atoms with Crippen LogP contribution in [-0.4, -0.2) is 16.8 Å². The zero-order chi connectivity index (χ0) is 11.0. The Morgan fingerprint density at radius 3 is 2.88 bits per heavy atom. The van der Waals surface area contributed by atoms with E-state index >= 15 is 0 Å². The molecular formula is C11H7BrN2O2. The minimum absolute atomic E-state index is 0.276. The molecule has 80 valence electrons. The van der Waals surface area contributed by atoms with Gasteiger partial charge in [-0.15, -0.1) is 0 Å². The van der Waals surface area contributed by atoms with Crippen LogP contribution in [0.25, 0.3) is 11.4 Å². The first kappa shape index (κ1) is 9.59. The molecule has 0 saturated heterocycles. The van der Waals surface area contributed by atoms with Gasteiger partial charge in [-0.1, -0.05) is 0 Å². The molecule has 0 saturated carbocycles. The van der Waals surface area contributed by atoms with Crippen LogP contribution in [-0.2, 0) is 0 Å². The van der Waals surface area contributed by atoms with Gasteiger partial charge in [0.1, 0.15) is 4.60 Å². The van der Waals surface area contributed by atoms with Crippen LogP contribution in [0, 0.1) is 0 Å². The maximum Gasteiger partial charge on any atom is 0.231 e. The van der Waals surface area contributed by atoms with Crippen molar-refractivity contribution < 1.29 is 9.47 Å². The molecule has 2 aromatic rings. The van der Waals surface area contributed by atoms with Crippen LogP contribution in [0.2, 0.25) is 0 Å². The zero-order valence-corrected chi connectivity index (χ0v) is 9.77. The van der Waals surface area contributed by atoms with Crippen molar-refractivity contribution >= 4 is 15.9 Å². The Morgan fingerprint density at radius 2 is 2.00 bits per heavy atom. The standard InChI is InChI=1S/C11H7BrN2O2/c12-10-3-4-13-11(14-10)7-1-2-8-9(5-7)16-6-15-8/h1-5H,6H2. The summed E-state index contributed by atoms with van der Waals surface area (Å²) in [7, 11) is 0. The van der Waals surface area contributed by atoms with E-state index in [-0.39, 0.29) is 6.79 Å². The van der Waals surface area contributed by atoms with Gasteiger partial charge < -0.3 is 9.47 Å². The van der Waals surface area contributed by atoms with Crippen LogP contribution in [0.1, 0.15) is 0 Å². The van der Waals surface area contributed by atoms with E-state index in [1.165, 1.54) is 0 Å². The first-order valence-corrected chi connectivity index (χ1v) is 5.51. The average molecular weight is 279 g/mol. The Morgan fingerprint density at radius 1 is 1.12 bits per heavy atom. The topological polar surface area (TPSA) is 44.2 Å². The molecule has 5 heteroatoms. The van der Waals surface area contributed by atoms with E-state index < -0.39 is 0 Å². The summed E-state index contributed by atoms with van der Waals surface area (Å²) in [6, 6.07) is 7.44. The SMILES string of the molecule is Brc1ccnc(-c2ccc3c(c2)OCO3)n1. The van der Waals surface area contributed by atoms with E-state index in [1.54, 1.807) is 12.3 Å². The molecule has 0 radical (unpaired) electrons. The Kier molecular flexibility index (Phi) is 2.25. The van der Waals surface area contributed by atoms with Gasteiger partial charge in [-0.3, -0.25) is 0 Å². The number of ether oxygens (including phenoxy) is 2. The predicted octanol–water partition coefficient (Wildman–Crippen LogP) is 2.63. The third-order valence-corrected chi connectivity index (χ3v) is 2.69. The summed E-state index contributed by atoms with van der Waals surface area (Å²) in [6.07, 6.45) is 1.71. The molecule has 4 nitrogen and oxygen atoms in total.